The van der Waals surface area contributed by atoms with Gasteiger partial charge in [-0.2, -0.15) is 0 Å². The molecule has 0 bridgehead atoms. The van der Waals surface area contributed by atoms with Crippen LogP contribution >= 0.6 is 11.3 Å². The van der Waals surface area contributed by atoms with Gasteiger partial charge >= 0.3 is 0 Å². The van der Waals surface area contributed by atoms with Crippen LogP contribution < -0.4 is 0 Å². The molecule has 2 aliphatic rings. The second-order valence-corrected chi connectivity index (χ2v) is 9.45. The summed E-state index contributed by atoms with van der Waals surface area (Å²) in [5.41, 5.74) is 0. The van der Waals surface area contributed by atoms with E-state index < -0.39 is 0 Å². The molecule has 0 aliphatic carbocycles. The van der Waals surface area contributed by atoms with E-state index >= 15 is 0 Å². The Kier molecular flexibility index (Phi) is 8.93. The predicted octanol–water partition coefficient (Wildman–Crippen LogP) is 2.71. The number of hydrogen-bond donors (Lipinski definition) is 0. The Hall–Kier alpha value is -2.20. The SMILES string of the molecule is O=C(CN(CCCN1CCOCC1)C(=O)c1cccs1)N(Cc1ccco1)CC1CCCO1. The average Bonchev–Trinajstić information content (AvgIpc) is 3.62. The van der Waals surface area contributed by atoms with Crippen molar-refractivity contribution < 1.29 is 23.5 Å². The lowest BCUT2D eigenvalue weighted by atomic mass is 10.2. The molecule has 1 atom stereocenters. The average molecular weight is 476 g/mol. The quantitative estimate of drug-likeness (QED) is 0.498. The van der Waals surface area contributed by atoms with Crippen molar-refractivity contribution in [2.45, 2.75) is 31.9 Å². The number of rotatable bonds is 11. The van der Waals surface area contributed by atoms with Crippen LogP contribution in [0.15, 0.2) is 40.3 Å². The Morgan fingerprint density at radius 2 is 2.00 bits per heavy atom. The summed E-state index contributed by atoms with van der Waals surface area (Å²) in [7, 11) is 0. The van der Waals surface area contributed by atoms with Crippen LogP contribution in [0.3, 0.4) is 0 Å². The van der Waals surface area contributed by atoms with E-state index in [0.717, 1.165) is 64.5 Å². The van der Waals surface area contributed by atoms with Crippen molar-refractivity contribution in [2.75, 3.05) is 59.1 Å². The maximum Gasteiger partial charge on any atom is 0.264 e. The predicted molar refractivity (Wildman–Crippen MR) is 125 cm³/mol. The number of hydrogen-bond acceptors (Lipinski definition) is 7. The summed E-state index contributed by atoms with van der Waals surface area (Å²) in [5, 5.41) is 1.89. The number of amides is 2. The molecular weight excluding hydrogens is 442 g/mol. The summed E-state index contributed by atoms with van der Waals surface area (Å²) < 4.78 is 16.7. The van der Waals surface area contributed by atoms with Crippen LogP contribution in [-0.2, 0) is 20.8 Å². The fourth-order valence-corrected chi connectivity index (χ4v) is 4.95. The van der Waals surface area contributed by atoms with Crippen LogP contribution in [0.4, 0.5) is 0 Å². The molecule has 2 saturated heterocycles. The molecule has 33 heavy (non-hydrogen) atoms. The van der Waals surface area contributed by atoms with Crippen LogP contribution in [0.2, 0.25) is 0 Å². The number of carbonyl (C=O) groups excluding carboxylic acids is 2. The van der Waals surface area contributed by atoms with Crippen LogP contribution in [-0.4, -0.2) is 91.7 Å². The molecule has 2 amide bonds. The molecule has 180 valence electrons. The summed E-state index contributed by atoms with van der Waals surface area (Å²) in [4.78, 5) is 33.1. The van der Waals surface area contributed by atoms with Crippen molar-refractivity contribution in [1.29, 1.82) is 0 Å². The fraction of sp³-hybridized carbons (Fsp3) is 0.583. The molecule has 2 aromatic heterocycles. The molecule has 2 fully saturated rings. The minimum Gasteiger partial charge on any atom is -0.467 e. The molecule has 1 unspecified atom stereocenters. The second kappa shape index (κ2) is 12.3. The van der Waals surface area contributed by atoms with Gasteiger partial charge in [-0.3, -0.25) is 14.5 Å². The number of morpholine rings is 1. The Morgan fingerprint density at radius 3 is 2.70 bits per heavy atom. The van der Waals surface area contributed by atoms with E-state index in [4.69, 9.17) is 13.9 Å². The zero-order chi connectivity index (χ0) is 22.9. The molecule has 0 aromatic carbocycles. The van der Waals surface area contributed by atoms with Gasteiger partial charge < -0.3 is 23.7 Å². The largest absolute Gasteiger partial charge is 0.467 e. The molecule has 8 nitrogen and oxygen atoms in total. The van der Waals surface area contributed by atoms with Crippen LogP contribution in [0, 0.1) is 0 Å². The van der Waals surface area contributed by atoms with Crippen LogP contribution in [0.25, 0.3) is 0 Å². The van der Waals surface area contributed by atoms with Gasteiger partial charge in [0.05, 0.1) is 37.0 Å². The third-order valence-electron chi connectivity index (χ3n) is 6.08. The minimum atomic E-state index is -0.0876. The van der Waals surface area contributed by atoms with Crippen LogP contribution in [0.5, 0.6) is 0 Å². The van der Waals surface area contributed by atoms with Gasteiger partial charge in [-0.25, -0.2) is 0 Å². The maximum absolute atomic E-state index is 13.4. The maximum atomic E-state index is 13.4. The second-order valence-electron chi connectivity index (χ2n) is 8.50. The first-order valence-electron chi connectivity index (χ1n) is 11.7. The molecule has 4 rings (SSSR count). The van der Waals surface area contributed by atoms with Crippen molar-refractivity contribution in [3.8, 4) is 0 Å². The first-order chi connectivity index (χ1) is 16.2. The van der Waals surface area contributed by atoms with Crippen molar-refractivity contribution in [2.24, 2.45) is 0 Å². The topological polar surface area (TPSA) is 75.5 Å². The molecule has 9 heteroatoms. The Balaban J connectivity index is 1.40. The van der Waals surface area contributed by atoms with Gasteiger partial charge in [-0.1, -0.05) is 6.07 Å². The molecule has 0 N–H and O–H groups in total. The van der Waals surface area contributed by atoms with Crippen molar-refractivity contribution in [3.63, 3.8) is 0 Å². The van der Waals surface area contributed by atoms with Crippen molar-refractivity contribution in [1.82, 2.24) is 14.7 Å². The smallest absolute Gasteiger partial charge is 0.264 e. The molecule has 4 heterocycles. The monoisotopic (exact) mass is 475 g/mol. The van der Waals surface area contributed by atoms with Gasteiger partial charge in [0.2, 0.25) is 5.91 Å². The van der Waals surface area contributed by atoms with Crippen molar-refractivity contribution in [3.05, 3.63) is 46.5 Å². The Morgan fingerprint density at radius 1 is 1.12 bits per heavy atom. The third-order valence-corrected chi connectivity index (χ3v) is 6.94. The van der Waals surface area contributed by atoms with E-state index in [1.165, 1.54) is 11.3 Å². The standard InChI is InChI=1S/C24H33N3O5S/c28-23(27(17-20-5-1-12-31-20)18-21-6-2-13-32-21)19-26(24(29)22-7-3-16-33-22)9-4-8-25-10-14-30-15-11-25/h1,3,5,7,12,16,21H,2,4,6,8-11,13-15,17-19H2. The zero-order valence-electron chi connectivity index (χ0n) is 19.0. The normalized spacial score (nSPS) is 19.0. The highest BCUT2D eigenvalue weighted by Gasteiger charge is 2.27. The lowest BCUT2D eigenvalue weighted by molar-refractivity contribution is -0.134. The van der Waals surface area contributed by atoms with Gasteiger partial charge in [-0.15, -0.1) is 11.3 Å². The summed E-state index contributed by atoms with van der Waals surface area (Å²) in [6.45, 7) is 6.42. The summed E-state index contributed by atoms with van der Waals surface area (Å²) in [6.07, 6.45) is 4.42. The molecule has 0 radical (unpaired) electrons. The third kappa shape index (κ3) is 7.14. The van der Waals surface area contributed by atoms with E-state index in [-0.39, 0.29) is 24.5 Å². The van der Waals surface area contributed by atoms with E-state index in [0.29, 0.717) is 24.5 Å². The van der Waals surface area contributed by atoms with Gasteiger partial charge in [0.25, 0.3) is 5.91 Å². The molecule has 0 spiro atoms. The summed E-state index contributed by atoms with van der Waals surface area (Å²) in [5.74, 6) is 0.554. The Bertz CT molecular complexity index is 846. The minimum absolute atomic E-state index is 0.0340. The fourth-order valence-electron chi connectivity index (χ4n) is 4.26. The van der Waals surface area contributed by atoms with Crippen LogP contribution in [0.1, 0.15) is 34.7 Å². The number of nitrogens with zero attached hydrogens (tertiary/aromatic N) is 3. The number of thiophene rings is 1. The van der Waals surface area contributed by atoms with E-state index in [1.807, 2.05) is 29.6 Å². The Labute approximate surface area is 199 Å². The summed E-state index contributed by atoms with van der Waals surface area (Å²) in [6, 6.07) is 7.38. The number of furan rings is 1. The highest BCUT2D eigenvalue weighted by molar-refractivity contribution is 7.12. The molecule has 2 aliphatic heterocycles. The first-order valence-corrected chi connectivity index (χ1v) is 12.6. The molecule has 2 aromatic rings. The molecule has 0 saturated carbocycles. The lowest BCUT2D eigenvalue weighted by Gasteiger charge is -2.30. The number of ether oxygens (including phenoxy) is 2. The lowest BCUT2D eigenvalue weighted by Crippen LogP contribution is -2.46. The number of carbonyl (C=O) groups is 2. The highest BCUT2D eigenvalue weighted by atomic mass is 32.1. The van der Waals surface area contributed by atoms with E-state index in [9.17, 15) is 9.59 Å². The first kappa shape index (κ1) is 23.9. The van der Waals surface area contributed by atoms with Gasteiger partial charge in [0.1, 0.15) is 12.3 Å². The van der Waals surface area contributed by atoms with Gasteiger partial charge in [0.15, 0.2) is 0 Å². The van der Waals surface area contributed by atoms with Gasteiger partial charge in [0, 0.05) is 39.3 Å². The zero-order valence-corrected chi connectivity index (χ0v) is 19.8. The summed E-state index contributed by atoms with van der Waals surface area (Å²) >= 11 is 1.41. The van der Waals surface area contributed by atoms with Gasteiger partial charge in [-0.05, 0) is 42.8 Å². The van der Waals surface area contributed by atoms with E-state index in [1.54, 1.807) is 16.1 Å². The molecular formula is C24H33N3O5S. The highest BCUT2D eigenvalue weighted by Crippen LogP contribution is 2.17. The van der Waals surface area contributed by atoms with E-state index in [2.05, 4.69) is 4.90 Å². The van der Waals surface area contributed by atoms with Crippen molar-refractivity contribution >= 4 is 23.2 Å².